The van der Waals surface area contributed by atoms with Crippen LogP contribution in [0.4, 0.5) is 0 Å². The number of nitrogens with zero attached hydrogens (tertiary/aromatic N) is 12. The van der Waals surface area contributed by atoms with Crippen molar-refractivity contribution in [3.63, 3.8) is 0 Å². The fraction of sp³-hybridized carbons (Fsp3) is 0. The summed E-state index contributed by atoms with van der Waals surface area (Å²) < 4.78 is 0. The maximum atomic E-state index is 10.1. The first-order valence-electron chi connectivity index (χ1n) is 11.7. The molecule has 0 unspecified atom stereocenters. The Morgan fingerprint density at radius 1 is 0.524 bits per heavy atom. The second-order valence-corrected chi connectivity index (χ2v) is 8.46. The van der Waals surface area contributed by atoms with Crippen molar-refractivity contribution in [1.82, 2.24) is 15.0 Å². The standard InChI is InChI=1S/C30H8N12/c31-9-16-3-17(10-32)6-20(5-16)27-40-28(21-7-18(11-33)4-19(8-21)12-34)42-30(41-27)23-1-2-25-26(24(23)15-37)39-29(38-25)22(13-35)14-36/h1-8H. The van der Waals surface area contributed by atoms with Gasteiger partial charge in [0.1, 0.15) is 23.6 Å². The highest BCUT2D eigenvalue weighted by Gasteiger charge is 2.20. The average Bonchev–Trinajstić information content (AvgIpc) is 3.48. The minimum Gasteiger partial charge on any atom is -0.225 e. The number of hydrogen-bond donors (Lipinski definition) is 0. The molecule has 1 aliphatic rings. The number of nitriles is 7. The van der Waals surface area contributed by atoms with E-state index in [1.807, 2.05) is 24.3 Å². The van der Waals surface area contributed by atoms with E-state index in [1.165, 1.54) is 48.5 Å². The molecule has 3 aromatic carbocycles. The molecule has 0 N–H and O–H groups in total. The fourth-order valence-corrected chi connectivity index (χ4v) is 4.09. The number of benzene rings is 3. The van der Waals surface area contributed by atoms with Crippen LogP contribution in [0.1, 0.15) is 27.8 Å². The summed E-state index contributed by atoms with van der Waals surface area (Å²) in [7, 11) is 0. The molecule has 0 saturated heterocycles. The lowest BCUT2D eigenvalue weighted by Gasteiger charge is -2.10. The van der Waals surface area contributed by atoms with Crippen LogP contribution < -0.4 is 10.7 Å². The zero-order valence-corrected chi connectivity index (χ0v) is 21.0. The van der Waals surface area contributed by atoms with Crippen LogP contribution in [0.25, 0.3) is 34.2 Å². The van der Waals surface area contributed by atoms with Gasteiger partial charge in [0.15, 0.2) is 28.9 Å². The van der Waals surface area contributed by atoms with Crippen LogP contribution in [0.3, 0.4) is 0 Å². The molecule has 5 rings (SSSR count). The number of fused-ring (bicyclic) bond motifs is 1. The molecule has 0 atom stereocenters. The number of allylic oxidation sites excluding steroid dienone is 1. The molecule has 12 heteroatoms. The second-order valence-electron chi connectivity index (χ2n) is 8.46. The van der Waals surface area contributed by atoms with Gasteiger partial charge in [-0.25, -0.2) is 24.9 Å². The molecular formula is C30H8N12. The first-order chi connectivity index (χ1) is 20.4. The summed E-state index contributed by atoms with van der Waals surface area (Å²) in [4.78, 5) is 22.0. The Kier molecular flexibility index (Phi) is 6.62. The van der Waals surface area contributed by atoms with Crippen molar-refractivity contribution >= 4 is 0 Å². The van der Waals surface area contributed by atoms with Gasteiger partial charge in [0.25, 0.3) is 0 Å². The summed E-state index contributed by atoms with van der Waals surface area (Å²) in [5.41, 5.74) is 1.27. The van der Waals surface area contributed by atoms with Gasteiger partial charge in [-0.3, -0.25) is 0 Å². The van der Waals surface area contributed by atoms with E-state index >= 15 is 0 Å². The van der Waals surface area contributed by atoms with Gasteiger partial charge in [0.2, 0.25) is 0 Å². The Morgan fingerprint density at radius 2 is 1.00 bits per heavy atom. The predicted octanol–water partition coefficient (Wildman–Crippen LogP) is 2.74. The average molecular weight is 536 g/mol. The van der Waals surface area contributed by atoms with Gasteiger partial charge in [-0.05, 0) is 48.5 Å². The van der Waals surface area contributed by atoms with E-state index in [0.29, 0.717) is 11.1 Å². The largest absolute Gasteiger partial charge is 0.225 e. The molecule has 12 nitrogen and oxygen atoms in total. The second kappa shape index (κ2) is 10.7. The Labute approximate surface area is 236 Å². The van der Waals surface area contributed by atoms with Crippen LogP contribution in [0.2, 0.25) is 0 Å². The van der Waals surface area contributed by atoms with Crippen LogP contribution in [-0.4, -0.2) is 15.0 Å². The lowest BCUT2D eigenvalue weighted by atomic mass is 10.0. The van der Waals surface area contributed by atoms with E-state index in [1.54, 1.807) is 12.1 Å². The van der Waals surface area contributed by atoms with Crippen LogP contribution in [0, 0.1) is 79.3 Å². The quantitative estimate of drug-likeness (QED) is 0.347. The molecule has 1 aromatic heterocycles. The molecule has 2 heterocycles. The summed E-state index contributed by atoms with van der Waals surface area (Å²) in [6.45, 7) is 0. The summed E-state index contributed by atoms with van der Waals surface area (Å²) >= 11 is 0. The van der Waals surface area contributed by atoms with Gasteiger partial charge in [-0.2, -0.15) is 36.8 Å². The summed E-state index contributed by atoms with van der Waals surface area (Å²) in [6.07, 6.45) is 0. The van der Waals surface area contributed by atoms with Crippen molar-refractivity contribution in [2.24, 2.45) is 9.98 Å². The first kappa shape index (κ1) is 26.1. The normalized spacial score (nSPS) is 10.5. The summed E-state index contributed by atoms with van der Waals surface area (Å²) in [5, 5.41) is 66.9. The van der Waals surface area contributed by atoms with Crippen molar-refractivity contribution < 1.29 is 0 Å². The van der Waals surface area contributed by atoms with Crippen molar-refractivity contribution in [2.45, 2.75) is 0 Å². The molecule has 0 saturated carbocycles. The molecule has 0 radical (unpaired) electrons. The Hall–Kier alpha value is -7.56. The molecular weight excluding hydrogens is 528 g/mol. The molecule has 0 bridgehead atoms. The smallest absolute Gasteiger partial charge is 0.182 e. The topological polar surface area (TPSA) is 230 Å². The summed E-state index contributed by atoms with van der Waals surface area (Å²) in [6, 6.07) is 25.3. The van der Waals surface area contributed by atoms with Gasteiger partial charge in [0, 0.05) is 16.7 Å². The third-order valence-electron chi connectivity index (χ3n) is 5.93. The van der Waals surface area contributed by atoms with Crippen molar-refractivity contribution in [3.05, 3.63) is 98.5 Å². The van der Waals surface area contributed by atoms with E-state index < -0.39 is 0 Å². The zero-order chi connectivity index (χ0) is 29.8. The Balaban J connectivity index is 1.84. The molecule has 4 aromatic rings. The molecule has 0 spiro atoms. The van der Waals surface area contributed by atoms with Crippen LogP contribution in [0.5, 0.6) is 0 Å². The van der Waals surface area contributed by atoms with Crippen LogP contribution >= 0.6 is 0 Å². The lowest BCUT2D eigenvalue weighted by molar-refractivity contribution is 1.07. The number of aromatic nitrogens is 3. The zero-order valence-electron chi connectivity index (χ0n) is 21.0. The van der Waals surface area contributed by atoms with Crippen molar-refractivity contribution in [1.29, 1.82) is 36.8 Å². The molecule has 0 fully saturated rings. The fourth-order valence-electron chi connectivity index (χ4n) is 4.09. The van der Waals surface area contributed by atoms with Gasteiger partial charge in [-0.15, -0.1) is 0 Å². The van der Waals surface area contributed by atoms with Gasteiger partial charge in [-0.1, -0.05) is 0 Å². The van der Waals surface area contributed by atoms with E-state index in [-0.39, 0.29) is 73.0 Å². The SMILES string of the molecule is N#CC(C#N)=C1N=c2ccc(-c3nc(-c4cc(C#N)cc(C#N)c4)nc(-c4cc(C#N)cc(C#N)c4)n3)c(C#N)c2=N1. The molecule has 1 aliphatic heterocycles. The van der Waals surface area contributed by atoms with E-state index in [2.05, 4.69) is 31.0 Å². The molecule has 42 heavy (non-hydrogen) atoms. The Bertz CT molecular complexity index is 2160. The maximum absolute atomic E-state index is 10.1. The molecule has 188 valence electrons. The highest BCUT2D eigenvalue weighted by Crippen LogP contribution is 2.28. The molecule has 0 aliphatic carbocycles. The van der Waals surface area contributed by atoms with Crippen molar-refractivity contribution in [2.75, 3.05) is 0 Å². The van der Waals surface area contributed by atoms with E-state index in [4.69, 9.17) is 0 Å². The number of hydrogen-bond acceptors (Lipinski definition) is 12. The Morgan fingerprint density at radius 3 is 1.43 bits per heavy atom. The van der Waals surface area contributed by atoms with Gasteiger partial charge in [0.05, 0.1) is 57.5 Å². The maximum Gasteiger partial charge on any atom is 0.182 e. The van der Waals surface area contributed by atoms with E-state index in [0.717, 1.165) is 0 Å². The van der Waals surface area contributed by atoms with E-state index in [9.17, 15) is 36.8 Å². The monoisotopic (exact) mass is 536 g/mol. The van der Waals surface area contributed by atoms with Gasteiger partial charge < -0.3 is 0 Å². The van der Waals surface area contributed by atoms with Gasteiger partial charge >= 0.3 is 0 Å². The number of rotatable bonds is 3. The highest BCUT2D eigenvalue weighted by molar-refractivity contribution is 5.72. The third-order valence-corrected chi connectivity index (χ3v) is 5.93. The highest BCUT2D eigenvalue weighted by atomic mass is 15.0. The van der Waals surface area contributed by atoms with Crippen LogP contribution in [-0.2, 0) is 0 Å². The third kappa shape index (κ3) is 4.61. The summed E-state index contributed by atoms with van der Waals surface area (Å²) in [5.74, 6) is -0.0282. The van der Waals surface area contributed by atoms with Crippen molar-refractivity contribution in [3.8, 4) is 76.6 Å². The predicted molar refractivity (Wildman–Crippen MR) is 140 cm³/mol. The van der Waals surface area contributed by atoms with Crippen LogP contribution in [0.15, 0.2) is 69.9 Å². The first-order valence-corrected chi connectivity index (χ1v) is 11.7. The lowest BCUT2D eigenvalue weighted by Crippen LogP contribution is -2.25. The minimum absolute atomic E-state index is 0.00417. The molecule has 0 amide bonds. The minimum atomic E-state index is -0.322.